The zero-order valence-corrected chi connectivity index (χ0v) is 27.0. The molecule has 4 heterocycles. The summed E-state index contributed by atoms with van der Waals surface area (Å²) in [6.45, 7) is 14.8. The van der Waals surface area contributed by atoms with E-state index in [-0.39, 0.29) is 28.4 Å². The van der Waals surface area contributed by atoms with Gasteiger partial charge >= 0.3 is 0 Å². The fraction of sp³-hybridized carbons (Fsp3) is 0.303. The molecule has 1 unspecified atom stereocenters. The molecule has 0 radical (unpaired) electrons. The summed E-state index contributed by atoms with van der Waals surface area (Å²) in [5.74, 6) is 0.963. The second-order valence-electron chi connectivity index (χ2n) is 13.1. The van der Waals surface area contributed by atoms with Crippen LogP contribution in [0.3, 0.4) is 0 Å². The Morgan fingerprint density at radius 2 is 1.89 bits per heavy atom. The molecular formula is C33H36FN7O2Si. The molecule has 0 fully saturated rings. The first kappa shape index (κ1) is 29.4. The van der Waals surface area contributed by atoms with Crippen LogP contribution in [0.2, 0.25) is 18.1 Å². The van der Waals surface area contributed by atoms with Crippen molar-refractivity contribution in [2.45, 2.75) is 64.6 Å². The number of anilines is 2. The third kappa shape index (κ3) is 4.90. The summed E-state index contributed by atoms with van der Waals surface area (Å²) < 4.78 is 22.4. The number of nitrogens with zero attached hydrogens (tertiary/aromatic N) is 5. The van der Waals surface area contributed by atoms with Crippen molar-refractivity contribution in [2.24, 2.45) is 0 Å². The Bertz CT molecular complexity index is 1950. The van der Waals surface area contributed by atoms with Gasteiger partial charge in [-0.1, -0.05) is 45.0 Å². The number of hydrogen-bond acceptors (Lipinski definition) is 7. The lowest BCUT2D eigenvalue weighted by atomic mass is 9.77. The number of hydrogen-bond donors (Lipinski definition) is 2. The van der Waals surface area contributed by atoms with Crippen LogP contribution in [0.25, 0.3) is 17.2 Å². The van der Waals surface area contributed by atoms with Crippen LogP contribution in [0.15, 0.2) is 61.1 Å². The molecule has 0 saturated heterocycles. The second kappa shape index (κ2) is 10.2. The lowest BCUT2D eigenvalue weighted by Gasteiger charge is -2.37. The van der Waals surface area contributed by atoms with E-state index in [1.165, 1.54) is 12.1 Å². The number of nitrogens with one attached hydrogen (secondary N) is 1. The first-order valence-electron chi connectivity index (χ1n) is 14.5. The van der Waals surface area contributed by atoms with Gasteiger partial charge in [0.15, 0.2) is 11.5 Å². The lowest BCUT2D eigenvalue weighted by Crippen LogP contribution is -2.44. The van der Waals surface area contributed by atoms with Crippen molar-refractivity contribution in [3.8, 4) is 17.3 Å². The number of amides is 1. The zero-order valence-electron chi connectivity index (χ0n) is 26.0. The average molecular weight is 610 g/mol. The summed E-state index contributed by atoms with van der Waals surface area (Å²) in [7, 11) is -2.14. The smallest absolute Gasteiger partial charge is 0.250 e. The number of aromatic nitrogens is 5. The van der Waals surface area contributed by atoms with Gasteiger partial charge in [-0.25, -0.2) is 24.3 Å². The topological polar surface area (TPSA) is 120 Å². The Hall–Kier alpha value is -4.64. The summed E-state index contributed by atoms with van der Waals surface area (Å²) in [6.07, 6.45) is 5.59. The largest absolute Gasteiger partial charge is 0.543 e. The summed E-state index contributed by atoms with van der Waals surface area (Å²) in [5, 5.41) is 2.96. The fourth-order valence-electron chi connectivity index (χ4n) is 5.31. The van der Waals surface area contributed by atoms with Gasteiger partial charge in [-0.05, 0) is 66.9 Å². The SMILES string of the molecule is Cc1ccc(C2(C)C(=O)Nc3nc(-c4cn5ccnc5c(Cc5cccc(F)c5)n4)nc(N)c32)cc1O[Si](C)(C)C(C)(C)C. The van der Waals surface area contributed by atoms with Crippen molar-refractivity contribution in [3.63, 3.8) is 0 Å². The van der Waals surface area contributed by atoms with Gasteiger partial charge < -0.3 is 19.9 Å². The van der Waals surface area contributed by atoms with Crippen molar-refractivity contribution < 1.29 is 13.6 Å². The summed E-state index contributed by atoms with van der Waals surface area (Å²) in [6, 6.07) is 12.2. The first-order valence-corrected chi connectivity index (χ1v) is 17.5. The van der Waals surface area contributed by atoms with E-state index in [1.54, 1.807) is 24.7 Å². The Morgan fingerprint density at radius 3 is 2.61 bits per heavy atom. The number of aryl methyl sites for hydroxylation is 1. The molecule has 0 saturated carbocycles. The highest BCUT2D eigenvalue weighted by atomic mass is 28.4. The van der Waals surface area contributed by atoms with Crippen LogP contribution >= 0.6 is 0 Å². The summed E-state index contributed by atoms with van der Waals surface area (Å²) in [4.78, 5) is 32.3. The third-order valence-corrected chi connectivity index (χ3v) is 13.3. The standard InChI is InChI=1S/C33H36FN7O2Si/c1-19-11-12-21(17-25(19)43-44(6,7)32(2,3)4)33(5)26-27(35)38-28(39-29(26)40-31(33)42)24-18-41-14-13-36-30(41)23(37-24)16-20-9-8-10-22(34)15-20/h8-15,17-18H,16H2,1-7H3,(H3,35,38,39,40,42). The minimum Gasteiger partial charge on any atom is -0.543 e. The predicted octanol–water partition coefficient (Wildman–Crippen LogP) is 6.45. The van der Waals surface area contributed by atoms with E-state index in [1.807, 2.05) is 42.5 Å². The molecule has 3 aromatic heterocycles. The Labute approximate surface area is 256 Å². The zero-order chi connectivity index (χ0) is 31.6. The van der Waals surface area contributed by atoms with E-state index < -0.39 is 13.7 Å². The van der Waals surface area contributed by atoms with Crippen LogP contribution in [0, 0.1) is 12.7 Å². The number of rotatable bonds is 6. The van der Waals surface area contributed by atoms with Crippen molar-refractivity contribution in [1.29, 1.82) is 0 Å². The number of fused-ring (bicyclic) bond motifs is 2. The lowest BCUT2D eigenvalue weighted by molar-refractivity contribution is -0.119. The molecule has 2 aromatic carbocycles. The molecule has 6 rings (SSSR count). The molecule has 1 aliphatic rings. The number of nitrogens with two attached hydrogens (primary N) is 1. The van der Waals surface area contributed by atoms with Crippen LogP contribution < -0.4 is 15.5 Å². The van der Waals surface area contributed by atoms with E-state index in [9.17, 15) is 9.18 Å². The first-order chi connectivity index (χ1) is 20.7. The summed E-state index contributed by atoms with van der Waals surface area (Å²) in [5.41, 5.74) is 10.2. The molecule has 1 atom stereocenters. The Balaban J connectivity index is 1.41. The van der Waals surface area contributed by atoms with E-state index in [0.717, 1.165) is 22.4 Å². The Morgan fingerprint density at radius 1 is 1.11 bits per heavy atom. The van der Waals surface area contributed by atoms with Crippen molar-refractivity contribution >= 4 is 31.5 Å². The highest BCUT2D eigenvalue weighted by Crippen LogP contribution is 2.46. The number of nitrogen functional groups attached to an aromatic ring is 1. The molecule has 0 aliphatic carbocycles. The normalized spacial score (nSPS) is 16.7. The van der Waals surface area contributed by atoms with Crippen LogP contribution in [0.5, 0.6) is 5.75 Å². The maximum Gasteiger partial charge on any atom is 0.250 e. The molecule has 0 spiro atoms. The van der Waals surface area contributed by atoms with Gasteiger partial charge in [-0.3, -0.25) is 4.79 Å². The number of halogens is 1. The molecule has 1 amide bonds. The van der Waals surface area contributed by atoms with Crippen LogP contribution in [0.1, 0.15) is 55.6 Å². The quantitative estimate of drug-likeness (QED) is 0.212. The third-order valence-electron chi connectivity index (χ3n) is 8.99. The van der Waals surface area contributed by atoms with Crippen LogP contribution in [0.4, 0.5) is 16.0 Å². The molecule has 44 heavy (non-hydrogen) atoms. The minimum absolute atomic E-state index is 0.0102. The highest BCUT2D eigenvalue weighted by molar-refractivity contribution is 6.74. The van der Waals surface area contributed by atoms with Gasteiger partial charge in [0.25, 0.3) is 0 Å². The van der Waals surface area contributed by atoms with Crippen LogP contribution in [-0.2, 0) is 16.6 Å². The van der Waals surface area contributed by atoms with Gasteiger partial charge in [0.2, 0.25) is 14.2 Å². The fourth-order valence-corrected chi connectivity index (χ4v) is 6.39. The summed E-state index contributed by atoms with van der Waals surface area (Å²) >= 11 is 0. The van der Waals surface area contributed by atoms with Gasteiger partial charge in [0, 0.05) is 25.0 Å². The van der Waals surface area contributed by atoms with Gasteiger partial charge in [0.05, 0.1) is 11.3 Å². The van der Waals surface area contributed by atoms with E-state index >= 15 is 0 Å². The van der Waals surface area contributed by atoms with E-state index in [0.29, 0.717) is 34.8 Å². The Kier molecular flexibility index (Phi) is 6.84. The van der Waals surface area contributed by atoms with E-state index in [4.69, 9.17) is 20.1 Å². The minimum atomic E-state index is -2.14. The monoisotopic (exact) mass is 609 g/mol. The number of carbonyl (C=O) groups excluding carboxylic acids is 1. The molecule has 0 bridgehead atoms. The van der Waals surface area contributed by atoms with Gasteiger partial charge in [0.1, 0.15) is 34.3 Å². The molecule has 3 N–H and O–H groups in total. The molecule has 1 aliphatic heterocycles. The average Bonchev–Trinajstić information content (AvgIpc) is 3.52. The number of imidazole rings is 1. The van der Waals surface area contributed by atoms with Crippen molar-refractivity contribution in [3.05, 3.63) is 94.8 Å². The van der Waals surface area contributed by atoms with E-state index in [2.05, 4.69) is 49.1 Å². The molecule has 9 nitrogen and oxygen atoms in total. The molecule has 5 aromatic rings. The van der Waals surface area contributed by atoms with Crippen molar-refractivity contribution in [2.75, 3.05) is 11.1 Å². The molecular weight excluding hydrogens is 573 g/mol. The van der Waals surface area contributed by atoms with Gasteiger partial charge in [-0.2, -0.15) is 0 Å². The molecule has 11 heteroatoms. The molecule has 226 valence electrons. The van der Waals surface area contributed by atoms with Crippen molar-refractivity contribution in [1.82, 2.24) is 24.3 Å². The maximum absolute atomic E-state index is 13.9. The highest BCUT2D eigenvalue weighted by Gasteiger charge is 2.48. The maximum atomic E-state index is 13.9. The van der Waals surface area contributed by atoms with Crippen LogP contribution in [-0.4, -0.2) is 38.6 Å². The number of benzene rings is 2. The van der Waals surface area contributed by atoms with Gasteiger partial charge in [-0.15, -0.1) is 0 Å². The second-order valence-corrected chi connectivity index (χ2v) is 17.8. The number of carbonyl (C=O) groups is 1. The predicted molar refractivity (Wildman–Crippen MR) is 172 cm³/mol.